The zero-order valence-electron chi connectivity index (χ0n) is 24.9. The van der Waals surface area contributed by atoms with Crippen LogP contribution in [-0.4, -0.2) is 5.11 Å². The number of aromatic hydroxyl groups is 1. The third-order valence-corrected chi connectivity index (χ3v) is 8.50. The third kappa shape index (κ3) is 15.3. The Kier molecular flexibility index (Phi) is 21.3. The van der Waals surface area contributed by atoms with E-state index in [4.69, 9.17) is 0 Å². The fourth-order valence-electron chi connectivity index (χ4n) is 6.14. The van der Waals surface area contributed by atoms with Crippen LogP contribution >= 0.6 is 0 Å². The van der Waals surface area contributed by atoms with Crippen molar-refractivity contribution < 1.29 is 5.11 Å². The quantitative estimate of drug-likeness (QED) is 0.125. The standard InChI is InChI=1S/C35H64O/c1-4-7-10-13-16-18-21-26-31-35(30-25-20-15-12-9-6-3,33-28-23-24-29-34(33)36)32-27-22-19-17-14-11-8-5-2/h23-24,28-29,36H,4-22,25-27,30-32H2,1-3H3. The number of rotatable bonds is 26. The molecule has 1 aromatic rings. The van der Waals surface area contributed by atoms with Gasteiger partial charge in [0, 0.05) is 5.56 Å². The zero-order valence-corrected chi connectivity index (χ0v) is 24.9. The van der Waals surface area contributed by atoms with Gasteiger partial charge in [0.2, 0.25) is 0 Å². The van der Waals surface area contributed by atoms with E-state index in [-0.39, 0.29) is 5.41 Å². The maximum Gasteiger partial charge on any atom is 0.119 e. The molecule has 1 heteroatoms. The van der Waals surface area contributed by atoms with Crippen LogP contribution in [0.2, 0.25) is 0 Å². The molecule has 1 aromatic carbocycles. The summed E-state index contributed by atoms with van der Waals surface area (Å²) in [5, 5.41) is 11.0. The summed E-state index contributed by atoms with van der Waals surface area (Å²) in [6, 6.07) is 8.35. The predicted octanol–water partition coefficient (Wildman–Crippen LogP) is 12.4. The van der Waals surface area contributed by atoms with E-state index in [0.717, 1.165) is 0 Å². The highest BCUT2D eigenvalue weighted by molar-refractivity contribution is 5.38. The Morgan fingerprint density at radius 3 is 1.08 bits per heavy atom. The van der Waals surface area contributed by atoms with Crippen LogP contribution in [-0.2, 0) is 5.41 Å². The smallest absolute Gasteiger partial charge is 0.119 e. The van der Waals surface area contributed by atoms with Crippen LogP contribution in [0.15, 0.2) is 24.3 Å². The van der Waals surface area contributed by atoms with Crippen molar-refractivity contribution in [3.05, 3.63) is 29.8 Å². The first-order valence-electron chi connectivity index (χ1n) is 16.5. The topological polar surface area (TPSA) is 20.2 Å². The van der Waals surface area contributed by atoms with E-state index in [1.54, 1.807) is 0 Å². The first-order chi connectivity index (χ1) is 17.7. The van der Waals surface area contributed by atoms with E-state index >= 15 is 0 Å². The van der Waals surface area contributed by atoms with Gasteiger partial charge < -0.3 is 5.11 Å². The number of hydrogen-bond acceptors (Lipinski definition) is 1. The Morgan fingerprint density at radius 1 is 0.444 bits per heavy atom. The number of unbranched alkanes of at least 4 members (excludes halogenated alkanes) is 19. The Labute approximate surface area is 227 Å². The maximum atomic E-state index is 11.0. The van der Waals surface area contributed by atoms with Crippen molar-refractivity contribution in [2.24, 2.45) is 0 Å². The zero-order chi connectivity index (χ0) is 26.2. The summed E-state index contributed by atoms with van der Waals surface area (Å²) in [6.07, 6.45) is 33.9. The molecule has 0 saturated carbocycles. The van der Waals surface area contributed by atoms with Crippen LogP contribution in [0, 0.1) is 0 Å². The van der Waals surface area contributed by atoms with Gasteiger partial charge in [0.25, 0.3) is 0 Å². The highest BCUT2D eigenvalue weighted by Gasteiger charge is 2.33. The van der Waals surface area contributed by atoms with Gasteiger partial charge in [-0.15, -0.1) is 0 Å². The van der Waals surface area contributed by atoms with Gasteiger partial charge in [-0.1, -0.05) is 180 Å². The van der Waals surface area contributed by atoms with Gasteiger partial charge in [-0.3, -0.25) is 0 Å². The summed E-state index contributed by atoms with van der Waals surface area (Å²) in [6.45, 7) is 6.90. The van der Waals surface area contributed by atoms with Crippen molar-refractivity contribution in [1.82, 2.24) is 0 Å². The third-order valence-electron chi connectivity index (χ3n) is 8.50. The molecular weight excluding hydrogens is 436 g/mol. The molecule has 1 N–H and O–H groups in total. The molecule has 0 aliphatic carbocycles. The van der Waals surface area contributed by atoms with Gasteiger partial charge in [0.05, 0.1) is 0 Å². The molecule has 0 bridgehead atoms. The van der Waals surface area contributed by atoms with Gasteiger partial charge in [0.1, 0.15) is 5.75 Å². The minimum atomic E-state index is 0.167. The van der Waals surface area contributed by atoms with Gasteiger partial charge >= 0.3 is 0 Å². The average molecular weight is 501 g/mol. The van der Waals surface area contributed by atoms with Crippen molar-refractivity contribution >= 4 is 0 Å². The summed E-state index contributed by atoms with van der Waals surface area (Å²) in [7, 11) is 0. The molecule has 0 aliphatic rings. The molecule has 0 spiro atoms. The van der Waals surface area contributed by atoms with Gasteiger partial charge in [-0.25, -0.2) is 0 Å². The number of benzene rings is 1. The summed E-state index contributed by atoms with van der Waals surface area (Å²) in [5.41, 5.74) is 1.42. The molecule has 0 amide bonds. The molecule has 0 aromatic heterocycles. The molecule has 0 saturated heterocycles. The molecule has 0 unspecified atom stereocenters. The second-order valence-corrected chi connectivity index (χ2v) is 11.8. The first-order valence-corrected chi connectivity index (χ1v) is 16.5. The van der Waals surface area contributed by atoms with Crippen molar-refractivity contribution in [2.75, 3.05) is 0 Å². The molecule has 1 rings (SSSR count). The second kappa shape index (κ2) is 23.2. The van der Waals surface area contributed by atoms with E-state index in [2.05, 4.69) is 32.9 Å². The van der Waals surface area contributed by atoms with Crippen molar-refractivity contribution in [2.45, 2.75) is 187 Å². The summed E-state index contributed by atoms with van der Waals surface area (Å²) < 4.78 is 0. The molecule has 0 fully saturated rings. The number of hydrogen-bond donors (Lipinski definition) is 1. The minimum absolute atomic E-state index is 0.167. The molecule has 0 aliphatic heterocycles. The molecule has 210 valence electrons. The fraction of sp³-hybridized carbons (Fsp3) is 0.829. The predicted molar refractivity (Wildman–Crippen MR) is 162 cm³/mol. The van der Waals surface area contributed by atoms with E-state index < -0.39 is 0 Å². The second-order valence-electron chi connectivity index (χ2n) is 11.8. The first kappa shape index (κ1) is 33.0. The Morgan fingerprint density at radius 2 is 0.750 bits per heavy atom. The summed E-state index contributed by atoms with van der Waals surface area (Å²) in [4.78, 5) is 0. The maximum absolute atomic E-state index is 11.0. The molecule has 1 nitrogen and oxygen atoms in total. The number of para-hydroxylation sites is 1. The monoisotopic (exact) mass is 500 g/mol. The van der Waals surface area contributed by atoms with E-state index in [0.29, 0.717) is 5.75 Å². The number of phenolic OH excluding ortho intramolecular Hbond substituents is 1. The Hall–Kier alpha value is -0.980. The van der Waals surface area contributed by atoms with Crippen LogP contribution in [0.4, 0.5) is 0 Å². The molecule has 0 radical (unpaired) electrons. The van der Waals surface area contributed by atoms with Crippen molar-refractivity contribution in [3.63, 3.8) is 0 Å². The lowest BCUT2D eigenvalue weighted by molar-refractivity contribution is 0.289. The molecule has 0 heterocycles. The average Bonchev–Trinajstić information content (AvgIpc) is 2.89. The van der Waals surface area contributed by atoms with Gasteiger partial charge in [-0.05, 0) is 30.7 Å². The van der Waals surface area contributed by atoms with Crippen LogP contribution in [0.1, 0.15) is 187 Å². The van der Waals surface area contributed by atoms with Crippen molar-refractivity contribution in [1.29, 1.82) is 0 Å². The van der Waals surface area contributed by atoms with Crippen LogP contribution < -0.4 is 0 Å². The Bertz CT molecular complexity index is 572. The fourth-order valence-corrected chi connectivity index (χ4v) is 6.14. The van der Waals surface area contributed by atoms with Crippen LogP contribution in [0.25, 0.3) is 0 Å². The van der Waals surface area contributed by atoms with Gasteiger partial charge in [0.15, 0.2) is 0 Å². The normalized spacial score (nSPS) is 11.9. The molecular formula is C35H64O. The molecule has 0 atom stereocenters. The lowest BCUT2D eigenvalue weighted by atomic mass is 9.69. The Balaban J connectivity index is 2.73. The van der Waals surface area contributed by atoms with Gasteiger partial charge in [-0.2, -0.15) is 0 Å². The van der Waals surface area contributed by atoms with Crippen LogP contribution in [0.5, 0.6) is 5.75 Å². The lowest BCUT2D eigenvalue weighted by Gasteiger charge is -2.36. The summed E-state index contributed by atoms with van der Waals surface area (Å²) >= 11 is 0. The van der Waals surface area contributed by atoms with E-state index in [1.807, 2.05) is 12.1 Å². The summed E-state index contributed by atoms with van der Waals surface area (Å²) in [5.74, 6) is 0.544. The van der Waals surface area contributed by atoms with Crippen molar-refractivity contribution in [3.8, 4) is 5.75 Å². The van der Waals surface area contributed by atoms with E-state index in [9.17, 15) is 5.11 Å². The highest BCUT2D eigenvalue weighted by Crippen LogP contribution is 2.44. The SMILES string of the molecule is CCCCCCCCCCC(CCCCCCCC)(CCCCCCCCCC)c1ccccc1O. The largest absolute Gasteiger partial charge is 0.508 e. The highest BCUT2D eigenvalue weighted by atomic mass is 16.3. The lowest BCUT2D eigenvalue weighted by Crippen LogP contribution is -2.27. The molecule has 36 heavy (non-hydrogen) atoms. The minimum Gasteiger partial charge on any atom is -0.508 e. The van der Waals surface area contributed by atoms with E-state index in [1.165, 1.54) is 166 Å². The van der Waals surface area contributed by atoms with Crippen LogP contribution in [0.3, 0.4) is 0 Å². The number of phenols is 1.